The van der Waals surface area contributed by atoms with E-state index in [9.17, 15) is 9.59 Å². The van der Waals surface area contributed by atoms with Crippen molar-refractivity contribution in [1.82, 2.24) is 4.90 Å². The summed E-state index contributed by atoms with van der Waals surface area (Å²) in [5.41, 5.74) is 0.913. The number of benzene rings is 3. The summed E-state index contributed by atoms with van der Waals surface area (Å²) in [4.78, 5) is 27.0. The van der Waals surface area contributed by atoms with Crippen LogP contribution in [0.5, 0.6) is 0 Å². The number of imide groups is 1. The van der Waals surface area contributed by atoms with Crippen LogP contribution in [0.4, 0.5) is 4.79 Å². The lowest BCUT2D eigenvalue weighted by atomic mass is 9.94. The van der Waals surface area contributed by atoms with Crippen LogP contribution >= 0.6 is 0 Å². The monoisotopic (exact) mass is 543 g/mol. The molecule has 3 atom stereocenters. The predicted molar refractivity (Wildman–Crippen MR) is 159 cm³/mol. The number of nitrogens with zero attached hydrogens (tertiary/aromatic N) is 1. The molecule has 1 saturated heterocycles. The zero-order chi connectivity index (χ0) is 28.0. The van der Waals surface area contributed by atoms with E-state index in [1.807, 2.05) is 30.3 Å². The van der Waals surface area contributed by atoms with Gasteiger partial charge in [-0.15, -0.1) is 0 Å². The van der Waals surface area contributed by atoms with Gasteiger partial charge in [0.05, 0.1) is 0 Å². The van der Waals surface area contributed by atoms with Crippen LogP contribution in [-0.2, 0) is 14.0 Å². The molecule has 1 fully saturated rings. The van der Waals surface area contributed by atoms with Gasteiger partial charge >= 0.3 is 6.09 Å². The summed E-state index contributed by atoms with van der Waals surface area (Å²) < 4.78 is 12.4. The molecule has 3 aromatic rings. The lowest BCUT2D eigenvalue weighted by Gasteiger charge is -2.43. The zero-order valence-electron chi connectivity index (χ0n) is 23.8. The standard InChI is InChI=1S/C33H41NO4Si/c1-25(22-31(35)34-30(24-37-32(34)36)27-15-9-6-10-16-27)21-26(2)23-38-39(33(3,4)5,28-17-11-7-12-18-28)29-19-13-8-14-20-29/h6-20,25-26,30H,21-24H2,1-5H3/t25-,26-,30-/m0/s1. The van der Waals surface area contributed by atoms with Crippen LogP contribution < -0.4 is 10.4 Å². The van der Waals surface area contributed by atoms with Crippen molar-refractivity contribution in [3.63, 3.8) is 0 Å². The number of ether oxygens (including phenoxy) is 1. The number of carbonyl (C=O) groups excluding carboxylic acids is 2. The first-order valence-corrected chi connectivity index (χ1v) is 15.8. The fourth-order valence-electron chi connectivity index (χ4n) is 5.88. The van der Waals surface area contributed by atoms with Gasteiger partial charge in [-0.2, -0.15) is 0 Å². The topological polar surface area (TPSA) is 55.8 Å². The van der Waals surface area contributed by atoms with Gasteiger partial charge in [0.2, 0.25) is 5.91 Å². The molecule has 0 N–H and O–H groups in total. The van der Waals surface area contributed by atoms with Crippen molar-refractivity contribution < 1.29 is 18.8 Å². The summed E-state index contributed by atoms with van der Waals surface area (Å²) in [6.45, 7) is 11.9. The number of hydrogen-bond donors (Lipinski definition) is 0. The number of cyclic esters (lactones) is 1. The summed E-state index contributed by atoms with van der Waals surface area (Å²) in [5, 5.41) is 2.44. The highest BCUT2D eigenvalue weighted by Gasteiger charge is 2.50. The molecule has 39 heavy (non-hydrogen) atoms. The van der Waals surface area contributed by atoms with Crippen molar-refractivity contribution in [3.05, 3.63) is 96.6 Å². The predicted octanol–water partition coefficient (Wildman–Crippen LogP) is 6.34. The van der Waals surface area contributed by atoms with E-state index in [0.29, 0.717) is 13.0 Å². The highest BCUT2D eigenvalue weighted by atomic mass is 28.4. The lowest BCUT2D eigenvalue weighted by Crippen LogP contribution is -2.66. The van der Waals surface area contributed by atoms with Gasteiger partial charge in [0.1, 0.15) is 12.6 Å². The molecule has 6 heteroatoms. The van der Waals surface area contributed by atoms with Gasteiger partial charge in [0, 0.05) is 13.0 Å². The Labute approximate surface area is 234 Å². The van der Waals surface area contributed by atoms with Crippen molar-refractivity contribution in [3.8, 4) is 0 Å². The first-order chi connectivity index (χ1) is 18.6. The second-order valence-electron chi connectivity index (χ2n) is 11.9. The molecule has 3 aromatic carbocycles. The van der Waals surface area contributed by atoms with Crippen LogP contribution in [0.15, 0.2) is 91.0 Å². The van der Waals surface area contributed by atoms with E-state index in [1.165, 1.54) is 15.3 Å². The molecule has 1 aliphatic heterocycles. The zero-order valence-corrected chi connectivity index (χ0v) is 24.8. The van der Waals surface area contributed by atoms with Crippen molar-refractivity contribution in [2.45, 2.75) is 58.5 Å². The SMILES string of the molecule is C[C@H](CO[Si](c1ccccc1)(c1ccccc1)C(C)(C)C)C[C@H](C)CC(=O)N1C(=O)OC[C@H]1c1ccccc1. The molecular formula is C33H41NO4Si. The highest BCUT2D eigenvalue weighted by molar-refractivity contribution is 6.99. The normalized spacial score (nSPS) is 17.5. The summed E-state index contributed by atoms with van der Waals surface area (Å²) in [7, 11) is -2.61. The molecule has 5 nitrogen and oxygen atoms in total. The Morgan fingerprint density at radius 2 is 1.41 bits per heavy atom. The number of hydrogen-bond acceptors (Lipinski definition) is 4. The van der Waals surface area contributed by atoms with Gasteiger partial charge in [-0.25, -0.2) is 9.69 Å². The second-order valence-corrected chi connectivity index (χ2v) is 16.2. The van der Waals surface area contributed by atoms with Crippen LogP contribution in [0.1, 0.15) is 59.1 Å². The van der Waals surface area contributed by atoms with Gasteiger partial charge in [-0.05, 0) is 39.2 Å². The first-order valence-electron chi connectivity index (χ1n) is 13.9. The Hall–Kier alpha value is -3.22. The summed E-state index contributed by atoms with van der Waals surface area (Å²) in [6, 6.07) is 30.5. The minimum atomic E-state index is -2.61. The average molecular weight is 544 g/mol. The molecule has 1 heterocycles. The van der Waals surface area contributed by atoms with Gasteiger partial charge in [-0.3, -0.25) is 4.79 Å². The molecule has 0 bridgehead atoms. The Balaban J connectivity index is 1.45. The van der Waals surface area contributed by atoms with Gasteiger partial charge < -0.3 is 9.16 Å². The number of amides is 2. The van der Waals surface area contributed by atoms with E-state index < -0.39 is 14.4 Å². The third-order valence-electron chi connectivity index (χ3n) is 7.66. The minimum Gasteiger partial charge on any atom is -0.446 e. The van der Waals surface area contributed by atoms with Crippen molar-refractivity contribution in [2.75, 3.05) is 13.2 Å². The molecule has 0 aromatic heterocycles. The van der Waals surface area contributed by atoms with Gasteiger partial charge in [0.15, 0.2) is 0 Å². The Morgan fingerprint density at radius 1 is 0.897 bits per heavy atom. The molecular weight excluding hydrogens is 502 g/mol. The fourth-order valence-corrected chi connectivity index (χ4v) is 10.6. The van der Waals surface area contributed by atoms with Crippen molar-refractivity contribution in [1.29, 1.82) is 0 Å². The first kappa shape index (κ1) is 28.8. The maximum absolute atomic E-state index is 13.3. The third-order valence-corrected chi connectivity index (χ3v) is 12.7. The third kappa shape index (κ3) is 6.34. The molecule has 0 spiro atoms. The van der Waals surface area contributed by atoms with Crippen LogP contribution in [0, 0.1) is 11.8 Å². The Kier molecular flexibility index (Phi) is 9.08. The van der Waals surface area contributed by atoms with E-state index in [1.54, 1.807) is 0 Å². The quantitative estimate of drug-likeness (QED) is 0.280. The van der Waals surface area contributed by atoms with E-state index in [4.69, 9.17) is 9.16 Å². The summed E-state index contributed by atoms with van der Waals surface area (Å²) in [5.74, 6) is 0.156. The van der Waals surface area contributed by atoms with E-state index >= 15 is 0 Å². The van der Waals surface area contributed by atoms with E-state index in [2.05, 4.69) is 95.3 Å². The van der Waals surface area contributed by atoms with Crippen LogP contribution in [-0.4, -0.2) is 38.4 Å². The molecule has 0 aliphatic carbocycles. The lowest BCUT2D eigenvalue weighted by molar-refractivity contribution is -0.130. The summed E-state index contributed by atoms with van der Waals surface area (Å²) in [6.07, 6.45) is 0.564. The fraction of sp³-hybridized carbons (Fsp3) is 0.394. The molecule has 206 valence electrons. The van der Waals surface area contributed by atoms with Gasteiger partial charge in [0.25, 0.3) is 8.32 Å². The van der Waals surface area contributed by atoms with E-state index in [0.717, 1.165) is 12.0 Å². The second kappa shape index (κ2) is 12.3. The number of rotatable bonds is 10. The van der Waals surface area contributed by atoms with Crippen molar-refractivity contribution >= 4 is 30.7 Å². The van der Waals surface area contributed by atoms with Crippen LogP contribution in [0.25, 0.3) is 0 Å². The average Bonchev–Trinajstić information content (AvgIpc) is 3.31. The van der Waals surface area contributed by atoms with Crippen LogP contribution in [0.2, 0.25) is 5.04 Å². The summed E-state index contributed by atoms with van der Waals surface area (Å²) >= 11 is 0. The molecule has 1 aliphatic rings. The molecule has 4 rings (SSSR count). The van der Waals surface area contributed by atoms with E-state index in [-0.39, 0.29) is 35.4 Å². The maximum Gasteiger partial charge on any atom is 0.417 e. The molecule has 0 unspecified atom stereocenters. The highest BCUT2D eigenvalue weighted by Crippen LogP contribution is 2.37. The Bertz CT molecular complexity index is 1190. The van der Waals surface area contributed by atoms with Crippen molar-refractivity contribution in [2.24, 2.45) is 11.8 Å². The largest absolute Gasteiger partial charge is 0.446 e. The van der Waals surface area contributed by atoms with Crippen LogP contribution in [0.3, 0.4) is 0 Å². The molecule has 2 amide bonds. The minimum absolute atomic E-state index is 0.0838. The van der Waals surface area contributed by atoms with Gasteiger partial charge in [-0.1, -0.05) is 126 Å². The smallest absolute Gasteiger partial charge is 0.417 e. The molecule has 0 radical (unpaired) electrons. The maximum atomic E-state index is 13.3. The number of carbonyl (C=O) groups is 2. The molecule has 0 saturated carbocycles. The Morgan fingerprint density at radius 3 is 1.92 bits per heavy atom.